The minimum Gasteiger partial charge on any atom is -0.465 e. The van der Waals surface area contributed by atoms with Crippen molar-refractivity contribution in [2.45, 2.75) is 44.3 Å². The number of hydrogen-bond acceptors (Lipinski definition) is 6. The Morgan fingerprint density at radius 1 is 1.03 bits per heavy atom. The van der Waals surface area contributed by atoms with Crippen LogP contribution in [0.2, 0.25) is 0 Å². The average molecular weight is 469 g/mol. The number of piperazine rings is 1. The Kier molecular flexibility index (Phi) is 6.44. The first kappa shape index (κ1) is 23.2. The first-order valence-corrected chi connectivity index (χ1v) is 11.1. The Balaban J connectivity index is 1.28. The molecule has 0 aromatic carbocycles. The largest absolute Gasteiger partial charge is 0.465 e. The number of Topliss-reactive ketones (excluding diaryl/α,β-unsaturated/α-hetero) is 1. The van der Waals surface area contributed by atoms with Crippen LogP contribution in [0.4, 0.5) is 23.9 Å². The van der Waals surface area contributed by atoms with Crippen molar-refractivity contribution >= 4 is 23.7 Å². The molecule has 1 saturated carbocycles. The highest BCUT2D eigenvalue weighted by Crippen LogP contribution is 2.37. The fraction of sp³-hybridized carbons (Fsp3) is 0.667. The molecule has 2 aliphatic heterocycles. The summed E-state index contributed by atoms with van der Waals surface area (Å²) in [5, 5.41) is 9.36. The van der Waals surface area contributed by atoms with Gasteiger partial charge in [-0.3, -0.25) is 9.59 Å². The molecule has 3 aliphatic rings. The van der Waals surface area contributed by atoms with Crippen molar-refractivity contribution in [3.63, 3.8) is 0 Å². The molecular formula is C21H26F3N5O4. The highest BCUT2D eigenvalue weighted by Gasteiger charge is 2.45. The first-order valence-electron chi connectivity index (χ1n) is 11.1. The van der Waals surface area contributed by atoms with Crippen molar-refractivity contribution in [2.24, 2.45) is 11.8 Å². The summed E-state index contributed by atoms with van der Waals surface area (Å²) in [6.45, 7) is 1.94. The monoisotopic (exact) mass is 469 g/mol. The number of halogens is 3. The zero-order valence-electron chi connectivity index (χ0n) is 18.0. The number of amides is 2. The molecule has 1 aromatic heterocycles. The van der Waals surface area contributed by atoms with Gasteiger partial charge < -0.3 is 19.8 Å². The number of carbonyl (C=O) groups is 3. The molecule has 33 heavy (non-hydrogen) atoms. The van der Waals surface area contributed by atoms with Crippen molar-refractivity contribution < 1.29 is 32.7 Å². The van der Waals surface area contributed by atoms with Crippen molar-refractivity contribution in [3.05, 3.63) is 18.0 Å². The van der Waals surface area contributed by atoms with E-state index in [1.54, 1.807) is 9.80 Å². The lowest BCUT2D eigenvalue weighted by Gasteiger charge is -2.35. The number of alkyl halides is 3. The van der Waals surface area contributed by atoms with Crippen LogP contribution in [0.25, 0.3) is 0 Å². The van der Waals surface area contributed by atoms with Crippen LogP contribution in [0.3, 0.4) is 0 Å². The topological polar surface area (TPSA) is 107 Å². The Labute approximate surface area is 188 Å². The smallest absolute Gasteiger partial charge is 0.419 e. The molecule has 2 amide bonds. The Bertz CT molecular complexity index is 902. The number of ketones is 1. The second kappa shape index (κ2) is 9.14. The predicted octanol–water partition coefficient (Wildman–Crippen LogP) is 2.27. The summed E-state index contributed by atoms with van der Waals surface area (Å²) >= 11 is 0. The second-order valence-corrected chi connectivity index (χ2v) is 8.81. The first-order chi connectivity index (χ1) is 15.6. The molecule has 180 valence electrons. The molecule has 0 spiro atoms. The van der Waals surface area contributed by atoms with Crippen LogP contribution >= 0.6 is 0 Å². The van der Waals surface area contributed by atoms with Crippen molar-refractivity contribution in [1.29, 1.82) is 0 Å². The quantitative estimate of drug-likeness (QED) is 0.721. The van der Waals surface area contributed by atoms with Gasteiger partial charge in [-0.15, -0.1) is 0 Å². The van der Waals surface area contributed by atoms with Gasteiger partial charge in [-0.2, -0.15) is 13.2 Å². The zero-order chi connectivity index (χ0) is 23.8. The summed E-state index contributed by atoms with van der Waals surface area (Å²) < 4.78 is 38.0. The van der Waals surface area contributed by atoms with Gasteiger partial charge in [0.2, 0.25) is 11.9 Å². The molecule has 0 radical (unpaired) electrons. The predicted molar refractivity (Wildman–Crippen MR) is 109 cm³/mol. The standard InChI is InChI=1S/C21H26F3N5O4/c22-21(23,24)14-11-25-19(26-12-14)28-8-6-27(7-9-28)17(30)10-13-3-4-15(18(13)31)16-2-1-5-29(16)20(32)33/h11-13,15-16H,1-10H2,(H,32,33)/t13?,15?,16-/m0/s1. The fourth-order valence-electron chi connectivity index (χ4n) is 5.13. The van der Waals surface area contributed by atoms with E-state index in [1.807, 2.05) is 0 Å². The lowest BCUT2D eigenvalue weighted by Crippen LogP contribution is -2.49. The van der Waals surface area contributed by atoms with Gasteiger partial charge in [-0.1, -0.05) is 0 Å². The second-order valence-electron chi connectivity index (χ2n) is 8.81. The van der Waals surface area contributed by atoms with E-state index in [1.165, 1.54) is 4.90 Å². The van der Waals surface area contributed by atoms with Crippen LogP contribution in [0.15, 0.2) is 12.4 Å². The summed E-state index contributed by atoms with van der Waals surface area (Å²) in [5.41, 5.74) is -0.913. The maximum Gasteiger partial charge on any atom is 0.419 e. The molecule has 2 saturated heterocycles. The highest BCUT2D eigenvalue weighted by molar-refractivity contribution is 5.91. The van der Waals surface area contributed by atoms with E-state index in [2.05, 4.69) is 9.97 Å². The minimum atomic E-state index is -4.50. The summed E-state index contributed by atoms with van der Waals surface area (Å²) in [6, 6.07) is -0.289. The number of carboxylic acid groups (broad SMARTS) is 1. The molecule has 9 nitrogen and oxygen atoms in total. The normalized spacial score (nSPS) is 26.2. The number of hydrogen-bond donors (Lipinski definition) is 1. The molecule has 3 atom stereocenters. The molecule has 4 rings (SSSR count). The maximum absolute atomic E-state index is 12.9. The third kappa shape index (κ3) is 4.88. The van der Waals surface area contributed by atoms with Gasteiger partial charge in [-0.25, -0.2) is 14.8 Å². The molecule has 12 heteroatoms. The molecule has 3 fully saturated rings. The molecule has 1 aromatic rings. The van der Waals surface area contributed by atoms with Gasteiger partial charge >= 0.3 is 12.3 Å². The molecule has 0 bridgehead atoms. The minimum absolute atomic E-state index is 0.0155. The van der Waals surface area contributed by atoms with Crippen LogP contribution in [0.1, 0.15) is 37.7 Å². The summed E-state index contributed by atoms with van der Waals surface area (Å²) in [5.74, 6) is -0.699. The number of nitrogens with zero attached hydrogens (tertiary/aromatic N) is 5. The summed E-state index contributed by atoms with van der Waals surface area (Å²) in [7, 11) is 0. The van der Waals surface area contributed by atoms with Crippen LogP contribution in [-0.2, 0) is 15.8 Å². The van der Waals surface area contributed by atoms with E-state index in [0.717, 1.165) is 18.8 Å². The number of carbonyl (C=O) groups excluding carboxylic acids is 2. The van der Waals surface area contributed by atoms with Crippen LogP contribution in [-0.4, -0.2) is 81.4 Å². The Morgan fingerprint density at radius 3 is 2.30 bits per heavy atom. The SMILES string of the molecule is O=C1C(CC(=O)N2CCN(c3ncc(C(F)(F)F)cn3)CC2)CCC1[C@@H]1CCCN1C(=O)O. The van der Waals surface area contributed by atoms with E-state index < -0.39 is 23.8 Å². The van der Waals surface area contributed by atoms with Gasteiger partial charge in [0.15, 0.2) is 0 Å². The van der Waals surface area contributed by atoms with E-state index in [-0.39, 0.29) is 36.0 Å². The van der Waals surface area contributed by atoms with E-state index >= 15 is 0 Å². The van der Waals surface area contributed by atoms with Crippen molar-refractivity contribution in [3.8, 4) is 0 Å². The van der Waals surface area contributed by atoms with Gasteiger partial charge in [0.05, 0.1) is 5.56 Å². The van der Waals surface area contributed by atoms with Crippen LogP contribution < -0.4 is 4.90 Å². The van der Waals surface area contributed by atoms with Gasteiger partial charge in [0.25, 0.3) is 0 Å². The van der Waals surface area contributed by atoms with Crippen LogP contribution in [0.5, 0.6) is 0 Å². The maximum atomic E-state index is 12.9. The lowest BCUT2D eigenvalue weighted by molar-refractivity contribution is -0.138. The number of anilines is 1. The summed E-state index contributed by atoms with van der Waals surface area (Å²) in [4.78, 5) is 49.5. The van der Waals surface area contributed by atoms with Crippen molar-refractivity contribution in [2.75, 3.05) is 37.6 Å². The lowest BCUT2D eigenvalue weighted by atomic mass is 9.92. The van der Waals surface area contributed by atoms with Crippen LogP contribution in [0, 0.1) is 11.8 Å². The molecule has 2 unspecified atom stereocenters. The third-order valence-corrected chi connectivity index (χ3v) is 6.91. The number of rotatable bonds is 4. The van der Waals surface area contributed by atoms with Gasteiger partial charge in [0.1, 0.15) is 5.78 Å². The summed E-state index contributed by atoms with van der Waals surface area (Å²) in [6.07, 6.45) is -1.29. The zero-order valence-corrected chi connectivity index (χ0v) is 18.0. The molecular weight excluding hydrogens is 443 g/mol. The molecule has 1 N–H and O–H groups in total. The number of aromatic nitrogens is 2. The Morgan fingerprint density at radius 2 is 1.70 bits per heavy atom. The number of likely N-dealkylation sites (tertiary alicyclic amines) is 1. The highest BCUT2D eigenvalue weighted by atomic mass is 19.4. The Hall–Kier alpha value is -2.92. The van der Waals surface area contributed by atoms with Gasteiger partial charge in [0, 0.05) is 69.4 Å². The average Bonchev–Trinajstić information content (AvgIpc) is 3.40. The molecule has 1 aliphatic carbocycles. The third-order valence-electron chi connectivity index (χ3n) is 6.91. The van der Waals surface area contributed by atoms with E-state index in [0.29, 0.717) is 52.0 Å². The fourth-order valence-corrected chi connectivity index (χ4v) is 5.13. The van der Waals surface area contributed by atoms with Gasteiger partial charge in [-0.05, 0) is 25.7 Å². The van der Waals surface area contributed by atoms with E-state index in [9.17, 15) is 32.7 Å². The molecule has 3 heterocycles. The van der Waals surface area contributed by atoms with Crippen molar-refractivity contribution in [1.82, 2.24) is 19.8 Å². The van der Waals surface area contributed by atoms with E-state index in [4.69, 9.17) is 0 Å².